The third-order valence-corrected chi connectivity index (χ3v) is 4.18. The number of benzene rings is 2. The van der Waals surface area contributed by atoms with E-state index in [0.29, 0.717) is 0 Å². The van der Waals surface area contributed by atoms with Gasteiger partial charge >= 0.3 is 0 Å². The number of rotatable bonds is 3. The Labute approximate surface area is 130 Å². The lowest BCUT2D eigenvalue weighted by atomic mass is 10.2. The summed E-state index contributed by atoms with van der Waals surface area (Å²) in [6.07, 6.45) is 2.17. The molecule has 2 aromatic carbocycles. The zero-order chi connectivity index (χ0) is 15.2. The molecule has 2 nitrogen and oxygen atoms in total. The minimum atomic E-state index is 0.897. The molecule has 0 unspecified atom stereocenters. The van der Waals surface area contributed by atoms with Crippen molar-refractivity contribution >= 4 is 22.7 Å². The van der Waals surface area contributed by atoms with Crippen molar-refractivity contribution < 1.29 is 4.74 Å². The second kappa shape index (κ2) is 7.23. The second-order valence-corrected chi connectivity index (χ2v) is 5.52. The second-order valence-electron chi connectivity index (χ2n) is 4.40. The molecule has 3 aromatic rings. The highest BCUT2D eigenvalue weighted by Gasteiger charge is 2.09. The van der Waals surface area contributed by atoms with E-state index >= 15 is 0 Å². The van der Waals surface area contributed by atoms with E-state index in [4.69, 9.17) is 4.74 Å². The molecule has 0 aliphatic heterocycles. The molecule has 1 heterocycles. The van der Waals surface area contributed by atoms with Gasteiger partial charge in [-0.05, 0) is 30.3 Å². The van der Waals surface area contributed by atoms with E-state index in [0.717, 1.165) is 5.75 Å². The number of fused-ring (bicyclic) bond motifs is 1. The van der Waals surface area contributed by atoms with Crippen LogP contribution in [0.15, 0.2) is 64.5 Å². The van der Waals surface area contributed by atoms with E-state index in [1.807, 2.05) is 26.0 Å². The van der Waals surface area contributed by atoms with Crippen LogP contribution in [0.4, 0.5) is 0 Å². The van der Waals surface area contributed by atoms with Crippen molar-refractivity contribution in [2.75, 3.05) is 7.11 Å². The van der Waals surface area contributed by atoms with Gasteiger partial charge in [-0.3, -0.25) is 0 Å². The van der Waals surface area contributed by atoms with Gasteiger partial charge in [-0.1, -0.05) is 43.8 Å². The molecule has 0 amide bonds. The van der Waals surface area contributed by atoms with Gasteiger partial charge in [0.2, 0.25) is 0 Å². The molecule has 1 aromatic heterocycles. The van der Waals surface area contributed by atoms with Crippen LogP contribution < -0.4 is 4.74 Å². The Bertz CT molecular complexity index is 704. The van der Waals surface area contributed by atoms with Crippen LogP contribution >= 0.6 is 11.8 Å². The van der Waals surface area contributed by atoms with E-state index in [1.165, 1.54) is 20.7 Å². The molecule has 0 bridgehead atoms. The first kappa shape index (κ1) is 15.5. The maximum absolute atomic E-state index is 5.32. The quantitative estimate of drug-likeness (QED) is 0.646. The number of hydrogen-bond acceptors (Lipinski definition) is 2. The van der Waals surface area contributed by atoms with Gasteiger partial charge in [0.25, 0.3) is 0 Å². The van der Waals surface area contributed by atoms with Crippen molar-refractivity contribution in [1.29, 1.82) is 0 Å². The standard InChI is InChI=1S/C16H15NOS.C2H6/c1-17-11-16(19-13-6-4-3-5-7-13)14-10-12(18-2)8-9-15(14)17;1-2/h3-11H,1-2H3;1-2H3. The zero-order valence-corrected chi connectivity index (χ0v) is 13.8. The summed E-state index contributed by atoms with van der Waals surface area (Å²) in [6.45, 7) is 4.00. The lowest BCUT2D eigenvalue weighted by molar-refractivity contribution is 0.415. The number of nitrogens with zero attached hydrogens (tertiary/aromatic N) is 1. The van der Waals surface area contributed by atoms with Crippen molar-refractivity contribution in [1.82, 2.24) is 4.57 Å². The Morgan fingerprint density at radius 2 is 1.71 bits per heavy atom. The fraction of sp³-hybridized carbons (Fsp3) is 0.222. The van der Waals surface area contributed by atoms with Crippen molar-refractivity contribution in [3.8, 4) is 5.75 Å². The van der Waals surface area contributed by atoms with Gasteiger partial charge in [0.1, 0.15) is 5.75 Å². The maximum Gasteiger partial charge on any atom is 0.119 e. The average molecular weight is 299 g/mol. The number of aryl methyl sites for hydroxylation is 1. The Morgan fingerprint density at radius 1 is 1.00 bits per heavy atom. The number of hydrogen-bond donors (Lipinski definition) is 0. The molecule has 0 aliphatic rings. The van der Waals surface area contributed by atoms with Crippen LogP contribution in [0, 0.1) is 0 Å². The zero-order valence-electron chi connectivity index (χ0n) is 13.0. The lowest BCUT2D eigenvalue weighted by Crippen LogP contribution is -1.84. The van der Waals surface area contributed by atoms with Gasteiger partial charge in [0.15, 0.2) is 0 Å². The Morgan fingerprint density at radius 3 is 2.38 bits per heavy atom. The van der Waals surface area contributed by atoms with Crippen LogP contribution in [0.5, 0.6) is 5.75 Å². The van der Waals surface area contributed by atoms with Gasteiger partial charge in [-0.25, -0.2) is 0 Å². The maximum atomic E-state index is 5.32. The molecule has 0 radical (unpaired) electrons. The van der Waals surface area contributed by atoms with Crippen LogP contribution in [0.3, 0.4) is 0 Å². The molecule has 0 fully saturated rings. The van der Waals surface area contributed by atoms with E-state index in [2.05, 4.69) is 54.2 Å². The molecule has 0 aliphatic carbocycles. The van der Waals surface area contributed by atoms with Crippen molar-refractivity contribution in [2.24, 2.45) is 7.05 Å². The summed E-state index contributed by atoms with van der Waals surface area (Å²) in [4.78, 5) is 2.50. The Kier molecular flexibility index (Phi) is 5.34. The number of ether oxygens (including phenoxy) is 1. The van der Waals surface area contributed by atoms with Gasteiger partial charge in [0, 0.05) is 33.9 Å². The smallest absolute Gasteiger partial charge is 0.119 e. The SMILES string of the molecule is CC.COc1ccc2c(c1)c(Sc1ccccc1)cn2C. The summed E-state index contributed by atoms with van der Waals surface area (Å²) in [6, 6.07) is 16.6. The van der Waals surface area contributed by atoms with E-state index in [9.17, 15) is 0 Å². The monoisotopic (exact) mass is 299 g/mol. The summed E-state index contributed by atoms with van der Waals surface area (Å²) >= 11 is 1.78. The van der Waals surface area contributed by atoms with Gasteiger partial charge in [-0.15, -0.1) is 0 Å². The van der Waals surface area contributed by atoms with Crippen molar-refractivity contribution in [3.63, 3.8) is 0 Å². The normalized spacial score (nSPS) is 10.1. The molecule has 21 heavy (non-hydrogen) atoms. The molecule has 0 saturated heterocycles. The minimum Gasteiger partial charge on any atom is -0.497 e. The molecule has 110 valence electrons. The highest BCUT2D eigenvalue weighted by atomic mass is 32.2. The molecule has 0 saturated carbocycles. The van der Waals surface area contributed by atoms with Crippen molar-refractivity contribution in [3.05, 3.63) is 54.7 Å². The topological polar surface area (TPSA) is 14.2 Å². The first-order chi connectivity index (χ1) is 10.3. The minimum absolute atomic E-state index is 0.897. The predicted molar refractivity (Wildman–Crippen MR) is 91.4 cm³/mol. The van der Waals surface area contributed by atoms with E-state index in [1.54, 1.807) is 18.9 Å². The van der Waals surface area contributed by atoms with Crippen LogP contribution in [-0.4, -0.2) is 11.7 Å². The third-order valence-electron chi connectivity index (χ3n) is 3.13. The van der Waals surface area contributed by atoms with Gasteiger partial charge in [0.05, 0.1) is 7.11 Å². The van der Waals surface area contributed by atoms with Gasteiger partial charge in [-0.2, -0.15) is 0 Å². The molecule has 3 rings (SSSR count). The highest BCUT2D eigenvalue weighted by Crippen LogP contribution is 2.36. The summed E-state index contributed by atoms with van der Waals surface area (Å²) in [5.74, 6) is 0.897. The fourth-order valence-corrected chi connectivity index (χ4v) is 3.19. The summed E-state index contributed by atoms with van der Waals surface area (Å²) in [7, 11) is 3.78. The largest absolute Gasteiger partial charge is 0.497 e. The summed E-state index contributed by atoms with van der Waals surface area (Å²) in [5.41, 5.74) is 1.22. The summed E-state index contributed by atoms with van der Waals surface area (Å²) < 4.78 is 7.47. The average Bonchev–Trinajstić information content (AvgIpc) is 2.86. The van der Waals surface area contributed by atoms with Crippen LogP contribution in [0.2, 0.25) is 0 Å². The molecular formula is C18H21NOS. The predicted octanol–water partition coefficient (Wildman–Crippen LogP) is 5.36. The molecule has 3 heteroatoms. The third kappa shape index (κ3) is 3.42. The van der Waals surface area contributed by atoms with E-state index < -0.39 is 0 Å². The van der Waals surface area contributed by atoms with Crippen LogP contribution in [0.1, 0.15) is 13.8 Å². The lowest BCUT2D eigenvalue weighted by Gasteiger charge is -2.02. The highest BCUT2D eigenvalue weighted by molar-refractivity contribution is 7.99. The van der Waals surface area contributed by atoms with Crippen LogP contribution in [-0.2, 0) is 7.05 Å². The molecule has 0 spiro atoms. The number of methoxy groups -OCH3 is 1. The van der Waals surface area contributed by atoms with Gasteiger partial charge < -0.3 is 9.30 Å². The van der Waals surface area contributed by atoms with Crippen molar-refractivity contribution in [2.45, 2.75) is 23.6 Å². The first-order valence-corrected chi connectivity index (χ1v) is 7.95. The molecule has 0 atom stereocenters. The molecule has 0 N–H and O–H groups in total. The fourth-order valence-electron chi connectivity index (χ4n) is 2.16. The Balaban J connectivity index is 0.000000774. The molecular weight excluding hydrogens is 278 g/mol. The summed E-state index contributed by atoms with van der Waals surface area (Å²) in [5, 5.41) is 1.23. The first-order valence-electron chi connectivity index (χ1n) is 7.14. The number of aromatic nitrogens is 1. The van der Waals surface area contributed by atoms with E-state index in [-0.39, 0.29) is 0 Å². The van der Waals surface area contributed by atoms with Crippen LogP contribution in [0.25, 0.3) is 10.9 Å². The Hall–Kier alpha value is -1.87.